The summed E-state index contributed by atoms with van der Waals surface area (Å²) in [5.41, 5.74) is 10.6. The molecule has 2 N–H and O–H groups in total. The zero-order valence-electron chi connectivity index (χ0n) is 19.6. The Labute approximate surface area is 198 Å². The van der Waals surface area contributed by atoms with Gasteiger partial charge in [-0.3, -0.25) is 4.98 Å². The van der Waals surface area contributed by atoms with Gasteiger partial charge in [0.25, 0.3) is 0 Å². The standard InChI is InChI=1S/C25H26N8O/c1-5-34-23-16(13-26)8-6-10-18(23)19-12-20(30-24(27)29-19)21-15-33(32-31-21)14-17-9-7-11-22(28-17)25(2,3)4/h6-12,15H,5,14H2,1-4H3,(H2,27,29,30). The van der Waals surface area contributed by atoms with E-state index in [1.54, 1.807) is 29.1 Å². The fourth-order valence-corrected chi connectivity index (χ4v) is 3.51. The first kappa shape index (κ1) is 22.9. The summed E-state index contributed by atoms with van der Waals surface area (Å²) in [4.78, 5) is 13.5. The molecule has 0 aliphatic rings. The van der Waals surface area contributed by atoms with Gasteiger partial charge in [-0.1, -0.05) is 38.1 Å². The summed E-state index contributed by atoms with van der Waals surface area (Å²) in [7, 11) is 0. The topological polar surface area (TPSA) is 128 Å². The number of aromatic nitrogens is 6. The zero-order chi connectivity index (χ0) is 24.3. The molecule has 0 saturated heterocycles. The molecule has 0 bridgehead atoms. The number of nitrogen functional groups attached to an aromatic ring is 1. The number of nitrogens with two attached hydrogens (primary N) is 1. The molecule has 9 heteroatoms. The number of para-hydroxylation sites is 1. The minimum atomic E-state index is -0.0401. The molecule has 172 valence electrons. The van der Waals surface area contributed by atoms with Gasteiger partial charge in [0, 0.05) is 16.7 Å². The van der Waals surface area contributed by atoms with Gasteiger partial charge < -0.3 is 10.5 Å². The SMILES string of the molecule is CCOc1c(C#N)cccc1-c1cc(-c2cn(Cc3cccc(C(C)(C)C)n3)nn2)nc(N)n1. The normalized spacial score (nSPS) is 11.3. The first-order valence-corrected chi connectivity index (χ1v) is 11.0. The van der Waals surface area contributed by atoms with Crippen molar-refractivity contribution in [3.63, 3.8) is 0 Å². The number of nitriles is 1. The minimum absolute atomic E-state index is 0.0401. The van der Waals surface area contributed by atoms with E-state index < -0.39 is 0 Å². The Morgan fingerprint density at radius 2 is 1.79 bits per heavy atom. The van der Waals surface area contributed by atoms with E-state index in [0.29, 0.717) is 47.1 Å². The van der Waals surface area contributed by atoms with Crippen molar-refractivity contribution in [1.82, 2.24) is 29.9 Å². The Kier molecular flexibility index (Phi) is 6.23. The second kappa shape index (κ2) is 9.27. The van der Waals surface area contributed by atoms with Crippen LogP contribution in [0, 0.1) is 11.3 Å². The highest BCUT2D eigenvalue weighted by molar-refractivity contribution is 5.74. The third kappa shape index (κ3) is 4.86. The van der Waals surface area contributed by atoms with Crippen LogP contribution in [0.2, 0.25) is 0 Å². The Balaban J connectivity index is 1.67. The van der Waals surface area contributed by atoms with Gasteiger partial charge in [0.1, 0.15) is 17.5 Å². The smallest absolute Gasteiger partial charge is 0.221 e. The van der Waals surface area contributed by atoms with E-state index in [1.807, 2.05) is 31.2 Å². The van der Waals surface area contributed by atoms with Crippen molar-refractivity contribution in [1.29, 1.82) is 5.26 Å². The van der Waals surface area contributed by atoms with Gasteiger partial charge in [-0.2, -0.15) is 5.26 Å². The molecule has 0 amide bonds. The molecule has 0 spiro atoms. The van der Waals surface area contributed by atoms with Gasteiger partial charge in [-0.25, -0.2) is 14.6 Å². The summed E-state index contributed by atoms with van der Waals surface area (Å²) < 4.78 is 7.45. The van der Waals surface area contributed by atoms with Gasteiger partial charge >= 0.3 is 0 Å². The minimum Gasteiger partial charge on any atom is -0.492 e. The summed E-state index contributed by atoms with van der Waals surface area (Å²) in [5, 5.41) is 18.0. The second-order valence-electron chi connectivity index (χ2n) is 8.79. The van der Waals surface area contributed by atoms with Gasteiger partial charge in [0.05, 0.1) is 42.0 Å². The van der Waals surface area contributed by atoms with Crippen LogP contribution in [-0.2, 0) is 12.0 Å². The summed E-state index contributed by atoms with van der Waals surface area (Å²) in [6.07, 6.45) is 1.80. The van der Waals surface area contributed by atoms with Crippen LogP contribution in [0.15, 0.2) is 48.7 Å². The van der Waals surface area contributed by atoms with Gasteiger partial charge in [0.2, 0.25) is 5.95 Å². The highest BCUT2D eigenvalue weighted by Gasteiger charge is 2.17. The van der Waals surface area contributed by atoms with E-state index in [1.165, 1.54) is 0 Å². The van der Waals surface area contributed by atoms with Crippen LogP contribution in [0.25, 0.3) is 22.6 Å². The van der Waals surface area contributed by atoms with Crippen molar-refractivity contribution in [3.8, 4) is 34.5 Å². The van der Waals surface area contributed by atoms with Crippen molar-refractivity contribution >= 4 is 5.95 Å². The predicted molar refractivity (Wildman–Crippen MR) is 129 cm³/mol. The number of anilines is 1. The maximum Gasteiger partial charge on any atom is 0.221 e. The van der Waals surface area contributed by atoms with Crippen LogP contribution >= 0.6 is 0 Å². The number of pyridine rings is 1. The zero-order valence-corrected chi connectivity index (χ0v) is 19.6. The van der Waals surface area contributed by atoms with Gasteiger partial charge in [0.15, 0.2) is 0 Å². The molecule has 0 radical (unpaired) electrons. The second-order valence-corrected chi connectivity index (χ2v) is 8.79. The molecule has 0 fully saturated rings. The lowest BCUT2D eigenvalue weighted by Gasteiger charge is -2.18. The number of hydrogen-bond donors (Lipinski definition) is 1. The molecule has 0 saturated carbocycles. The average Bonchev–Trinajstić information content (AvgIpc) is 3.27. The van der Waals surface area contributed by atoms with Crippen LogP contribution < -0.4 is 10.5 Å². The lowest BCUT2D eigenvalue weighted by Crippen LogP contribution is -2.15. The first-order valence-electron chi connectivity index (χ1n) is 11.0. The molecule has 9 nitrogen and oxygen atoms in total. The fraction of sp³-hybridized carbons (Fsp3) is 0.280. The number of benzene rings is 1. The first-order chi connectivity index (χ1) is 16.3. The number of nitrogens with zero attached hydrogens (tertiary/aromatic N) is 7. The lowest BCUT2D eigenvalue weighted by atomic mass is 9.91. The molecular weight excluding hydrogens is 428 g/mol. The third-order valence-electron chi connectivity index (χ3n) is 5.14. The molecule has 0 aliphatic heterocycles. The van der Waals surface area contributed by atoms with E-state index in [0.717, 1.165) is 11.4 Å². The van der Waals surface area contributed by atoms with Crippen molar-refractivity contribution in [2.24, 2.45) is 0 Å². The molecule has 1 aromatic carbocycles. The monoisotopic (exact) mass is 454 g/mol. The van der Waals surface area contributed by atoms with Crippen LogP contribution in [0.3, 0.4) is 0 Å². The number of ether oxygens (including phenoxy) is 1. The molecule has 4 rings (SSSR count). The van der Waals surface area contributed by atoms with Crippen molar-refractivity contribution in [2.45, 2.75) is 39.7 Å². The van der Waals surface area contributed by atoms with Crippen LogP contribution in [-0.4, -0.2) is 36.6 Å². The van der Waals surface area contributed by atoms with E-state index in [4.69, 9.17) is 15.5 Å². The van der Waals surface area contributed by atoms with Gasteiger partial charge in [-0.15, -0.1) is 5.10 Å². The van der Waals surface area contributed by atoms with Crippen molar-refractivity contribution in [3.05, 3.63) is 65.6 Å². The largest absolute Gasteiger partial charge is 0.492 e. The number of rotatable bonds is 6. The molecule has 0 atom stereocenters. The molecular formula is C25H26N8O. The molecule has 3 heterocycles. The summed E-state index contributed by atoms with van der Waals surface area (Å²) in [6.45, 7) is 9.15. The van der Waals surface area contributed by atoms with Crippen LogP contribution in [0.4, 0.5) is 5.95 Å². The highest BCUT2D eigenvalue weighted by atomic mass is 16.5. The van der Waals surface area contributed by atoms with E-state index in [9.17, 15) is 5.26 Å². The highest BCUT2D eigenvalue weighted by Crippen LogP contribution is 2.33. The Bertz CT molecular complexity index is 1360. The molecule has 0 aliphatic carbocycles. The summed E-state index contributed by atoms with van der Waals surface area (Å²) >= 11 is 0. The summed E-state index contributed by atoms with van der Waals surface area (Å²) in [5.74, 6) is 0.552. The molecule has 34 heavy (non-hydrogen) atoms. The van der Waals surface area contributed by atoms with Crippen molar-refractivity contribution < 1.29 is 4.74 Å². The van der Waals surface area contributed by atoms with Crippen LogP contribution in [0.5, 0.6) is 5.75 Å². The van der Waals surface area contributed by atoms with Gasteiger partial charge in [-0.05, 0) is 37.3 Å². The average molecular weight is 455 g/mol. The van der Waals surface area contributed by atoms with Crippen molar-refractivity contribution in [2.75, 3.05) is 12.3 Å². The van der Waals surface area contributed by atoms with E-state index in [-0.39, 0.29) is 11.4 Å². The maximum absolute atomic E-state index is 9.48. The number of hydrogen-bond acceptors (Lipinski definition) is 8. The Morgan fingerprint density at radius 3 is 2.53 bits per heavy atom. The van der Waals surface area contributed by atoms with Crippen LogP contribution in [0.1, 0.15) is 44.6 Å². The van der Waals surface area contributed by atoms with E-state index in [2.05, 4.69) is 47.1 Å². The fourth-order valence-electron chi connectivity index (χ4n) is 3.51. The lowest BCUT2D eigenvalue weighted by molar-refractivity contribution is 0.340. The molecule has 0 unspecified atom stereocenters. The van der Waals surface area contributed by atoms with E-state index >= 15 is 0 Å². The Morgan fingerprint density at radius 1 is 1.03 bits per heavy atom. The predicted octanol–water partition coefficient (Wildman–Crippen LogP) is 4.00. The molecule has 4 aromatic rings. The maximum atomic E-state index is 9.48. The Hall–Kier alpha value is -4.32. The third-order valence-corrected chi connectivity index (χ3v) is 5.14. The summed E-state index contributed by atoms with van der Waals surface area (Å²) in [6, 6.07) is 15.2. The molecule has 3 aromatic heterocycles. The quantitative estimate of drug-likeness (QED) is 0.463.